The van der Waals surface area contributed by atoms with Gasteiger partial charge in [0.25, 0.3) is 0 Å². The van der Waals surface area contributed by atoms with Gasteiger partial charge >= 0.3 is 0 Å². The first-order chi connectivity index (χ1) is 8.41. The molecule has 4 nitrogen and oxygen atoms in total. The highest BCUT2D eigenvalue weighted by Crippen LogP contribution is 2.24. The van der Waals surface area contributed by atoms with Gasteiger partial charge in [0.2, 0.25) is 10.0 Å². The van der Waals surface area contributed by atoms with E-state index < -0.39 is 15.8 Å². The third kappa shape index (κ3) is 2.55. The molecule has 2 N–H and O–H groups in total. The normalized spacial score (nSPS) is 26.2. The summed E-state index contributed by atoms with van der Waals surface area (Å²) in [5.41, 5.74) is 5.81. The number of sulfonamides is 1. The highest BCUT2D eigenvalue weighted by Gasteiger charge is 2.33. The molecule has 1 aliphatic rings. The molecule has 0 aliphatic carbocycles. The van der Waals surface area contributed by atoms with Gasteiger partial charge < -0.3 is 5.73 Å². The zero-order valence-corrected chi connectivity index (χ0v) is 11.0. The molecule has 2 atom stereocenters. The van der Waals surface area contributed by atoms with Gasteiger partial charge in [0, 0.05) is 18.6 Å². The van der Waals surface area contributed by atoms with Crippen LogP contribution in [0.15, 0.2) is 29.2 Å². The Morgan fingerprint density at radius 2 is 2.17 bits per heavy atom. The lowest BCUT2D eigenvalue weighted by Gasteiger charge is -2.35. The van der Waals surface area contributed by atoms with Gasteiger partial charge in [-0.15, -0.1) is 0 Å². The van der Waals surface area contributed by atoms with E-state index in [1.807, 2.05) is 6.92 Å². The number of nitrogens with two attached hydrogens (primary N) is 1. The Morgan fingerprint density at radius 1 is 1.44 bits per heavy atom. The Kier molecular flexibility index (Phi) is 3.70. The van der Waals surface area contributed by atoms with Crippen LogP contribution < -0.4 is 5.73 Å². The van der Waals surface area contributed by atoms with Crippen molar-refractivity contribution in [3.8, 4) is 0 Å². The second-order valence-electron chi connectivity index (χ2n) is 4.71. The second-order valence-corrected chi connectivity index (χ2v) is 6.60. The SMILES string of the molecule is C[C@@H]1C[C@@H](N)CCN1S(=O)(=O)c1cccc(F)c1. The highest BCUT2D eigenvalue weighted by atomic mass is 32.2. The minimum atomic E-state index is -3.62. The summed E-state index contributed by atoms with van der Waals surface area (Å²) in [5.74, 6) is -0.544. The summed E-state index contributed by atoms with van der Waals surface area (Å²) in [5, 5.41) is 0. The van der Waals surface area contributed by atoms with Crippen LogP contribution in [0.25, 0.3) is 0 Å². The summed E-state index contributed by atoms with van der Waals surface area (Å²) in [6.07, 6.45) is 1.27. The van der Waals surface area contributed by atoms with Gasteiger partial charge in [-0.3, -0.25) is 0 Å². The minimum absolute atomic E-state index is 0.00446. The van der Waals surface area contributed by atoms with E-state index in [9.17, 15) is 12.8 Å². The highest BCUT2D eigenvalue weighted by molar-refractivity contribution is 7.89. The van der Waals surface area contributed by atoms with E-state index in [4.69, 9.17) is 5.73 Å². The molecule has 18 heavy (non-hydrogen) atoms. The molecule has 1 heterocycles. The molecule has 0 saturated carbocycles. The van der Waals surface area contributed by atoms with Gasteiger partial charge in [-0.05, 0) is 38.0 Å². The molecule has 1 saturated heterocycles. The van der Waals surface area contributed by atoms with Crippen molar-refractivity contribution >= 4 is 10.0 Å². The Bertz CT molecular complexity index is 533. The Morgan fingerprint density at radius 3 is 2.78 bits per heavy atom. The largest absolute Gasteiger partial charge is 0.328 e. The molecule has 100 valence electrons. The van der Waals surface area contributed by atoms with Crippen molar-refractivity contribution in [2.45, 2.75) is 36.7 Å². The van der Waals surface area contributed by atoms with Crippen molar-refractivity contribution in [3.05, 3.63) is 30.1 Å². The number of piperidine rings is 1. The fourth-order valence-corrected chi connectivity index (χ4v) is 4.00. The molecule has 0 radical (unpaired) electrons. The van der Waals surface area contributed by atoms with Gasteiger partial charge in [-0.1, -0.05) is 6.07 Å². The van der Waals surface area contributed by atoms with Crippen molar-refractivity contribution in [1.82, 2.24) is 4.31 Å². The van der Waals surface area contributed by atoms with Crippen molar-refractivity contribution < 1.29 is 12.8 Å². The van der Waals surface area contributed by atoms with Crippen molar-refractivity contribution in [2.24, 2.45) is 5.73 Å². The van der Waals surface area contributed by atoms with Gasteiger partial charge in [-0.2, -0.15) is 4.31 Å². The summed E-state index contributed by atoms with van der Waals surface area (Å²) >= 11 is 0. The summed E-state index contributed by atoms with van der Waals surface area (Å²) in [4.78, 5) is 0.00446. The topological polar surface area (TPSA) is 63.4 Å². The number of hydrogen-bond acceptors (Lipinski definition) is 3. The van der Waals surface area contributed by atoms with Gasteiger partial charge in [-0.25, -0.2) is 12.8 Å². The third-order valence-electron chi connectivity index (χ3n) is 3.26. The molecule has 0 spiro atoms. The average Bonchev–Trinajstić information content (AvgIpc) is 2.28. The summed E-state index contributed by atoms with van der Waals surface area (Å²) in [6, 6.07) is 4.99. The second kappa shape index (κ2) is 4.95. The lowest BCUT2D eigenvalue weighted by Crippen LogP contribution is -2.48. The number of hydrogen-bond donors (Lipinski definition) is 1. The lowest BCUT2D eigenvalue weighted by atomic mass is 10.0. The van der Waals surface area contributed by atoms with Crippen molar-refractivity contribution in [2.75, 3.05) is 6.54 Å². The summed E-state index contributed by atoms with van der Waals surface area (Å²) < 4.78 is 39.3. The number of rotatable bonds is 2. The maximum atomic E-state index is 13.1. The molecular weight excluding hydrogens is 255 g/mol. The van der Waals surface area contributed by atoms with E-state index in [1.54, 1.807) is 0 Å². The van der Waals surface area contributed by atoms with Crippen LogP contribution in [0.5, 0.6) is 0 Å². The zero-order chi connectivity index (χ0) is 13.3. The fraction of sp³-hybridized carbons (Fsp3) is 0.500. The van der Waals surface area contributed by atoms with Gasteiger partial charge in [0.05, 0.1) is 4.90 Å². The molecule has 0 unspecified atom stereocenters. The summed E-state index contributed by atoms with van der Waals surface area (Å²) in [7, 11) is -3.62. The zero-order valence-electron chi connectivity index (χ0n) is 10.2. The van der Waals surface area contributed by atoms with E-state index in [1.165, 1.54) is 22.5 Å². The minimum Gasteiger partial charge on any atom is -0.328 e. The predicted molar refractivity (Wildman–Crippen MR) is 67.0 cm³/mol. The standard InChI is InChI=1S/C12H17FN2O2S/c1-9-7-11(14)5-6-15(9)18(16,17)12-4-2-3-10(13)8-12/h2-4,8-9,11H,5-7,14H2,1H3/t9-,11+/m1/s1. The fourth-order valence-electron chi connectivity index (χ4n) is 2.31. The van der Waals surface area contributed by atoms with Crippen molar-refractivity contribution in [1.29, 1.82) is 0 Å². The Hall–Kier alpha value is -0.980. The van der Waals surface area contributed by atoms with E-state index in [0.717, 1.165) is 6.07 Å². The number of halogens is 1. The third-order valence-corrected chi connectivity index (χ3v) is 5.27. The molecule has 0 amide bonds. The first kappa shape index (κ1) is 13.5. The molecule has 1 aromatic rings. The van der Waals surface area contributed by atoms with Crippen LogP contribution in [0.2, 0.25) is 0 Å². The van der Waals surface area contributed by atoms with E-state index >= 15 is 0 Å². The first-order valence-corrected chi connectivity index (χ1v) is 7.38. The van der Waals surface area contributed by atoms with Gasteiger partial charge in [0.1, 0.15) is 5.82 Å². The van der Waals surface area contributed by atoms with E-state index in [0.29, 0.717) is 19.4 Å². The predicted octanol–water partition coefficient (Wildman–Crippen LogP) is 1.33. The quantitative estimate of drug-likeness (QED) is 0.883. The maximum Gasteiger partial charge on any atom is 0.243 e. The van der Waals surface area contributed by atoms with Crippen LogP contribution in [-0.4, -0.2) is 31.4 Å². The molecule has 0 bridgehead atoms. The van der Waals surface area contributed by atoms with Gasteiger partial charge in [0.15, 0.2) is 0 Å². The number of nitrogens with zero attached hydrogens (tertiary/aromatic N) is 1. The van der Waals surface area contributed by atoms with Crippen LogP contribution in [0.3, 0.4) is 0 Å². The summed E-state index contributed by atoms with van der Waals surface area (Å²) in [6.45, 7) is 2.22. The smallest absolute Gasteiger partial charge is 0.243 e. The molecule has 6 heteroatoms. The molecule has 1 aliphatic heterocycles. The molecular formula is C12H17FN2O2S. The van der Waals surface area contributed by atoms with Crippen LogP contribution in [-0.2, 0) is 10.0 Å². The Labute approximate surface area is 107 Å². The molecule has 0 aromatic heterocycles. The Balaban J connectivity index is 2.31. The lowest BCUT2D eigenvalue weighted by molar-refractivity contribution is 0.247. The molecule has 2 rings (SSSR count). The van der Waals surface area contributed by atoms with Crippen molar-refractivity contribution in [3.63, 3.8) is 0 Å². The van der Waals surface area contributed by atoms with Crippen LogP contribution in [0.1, 0.15) is 19.8 Å². The van der Waals surface area contributed by atoms with E-state index in [2.05, 4.69) is 0 Å². The van der Waals surface area contributed by atoms with Crippen LogP contribution in [0, 0.1) is 5.82 Å². The molecule has 1 aromatic carbocycles. The maximum absolute atomic E-state index is 13.1. The monoisotopic (exact) mass is 272 g/mol. The average molecular weight is 272 g/mol. The van der Waals surface area contributed by atoms with Crippen LogP contribution in [0.4, 0.5) is 4.39 Å². The van der Waals surface area contributed by atoms with E-state index in [-0.39, 0.29) is 17.0 Å². The van der Waals surface area contributed by atoms with Crippen LogP contribution >= 0.6 is 0 Å². The first-order valence-electron chi connectivity index (χ1n) is 5.94. The number of benzene rings is 1. The molecule has 1 fully saturated rings.